The molecule has 0 N–H and O–H groups in total. The van der Waals surface area contributed by atoms with Crippen LogP contribution in [0, 0.1) is 6.07 Å². The standard InChI is InChI=1S/C12H18N/c1-3-10-13(11-4-2)12-8-6-5-7-9-12/h5-6,8-9H,3-4,10-11H2,1-2H3. The Bertz CT molecular complexity index is 212. The zero-order valence-electron chi connectivity index (χ0n) is 8.59. The second-order valence-electron chi connectivity index (χ2n) is 3.25. The van der Waals surface area contributed by atoms with Crippen LogP contribution in [0.25, 0.3) is 0 Å². The first-order chi connectivity index (χ1) is 6.38. The molecule has 1 aromatic rings. The van der Waals surface area contributed by atoms with E-state index in [-0.39, 0.29) is 0 Å². The minimum Gasteiger partial charge on any atom is -0.372 e. The summed E-state index contributed by atoms with van der Waals surface area (Å²) >= 11 is 0. The van der Waals surface area contributed by atoms with Gasteiger partial charge in [-0.05, 0) is 31.0 Å². The normalized spacial score (nSPS) is 10.0. The van der Waals surface area contributed by atoms with E-state index in [1.165, 1.54) is 18.5 Å². The zero-order valence-corrected chi connectivity index (χ0v) is 8.59. The van der Waals surface area contributed by atoms with Crippen LogP contribution >= 0.6 is 0 Å². The molecule has 1 heteroatoms. The van der Waals surface area contributed by atoms with Crippen LogP contribution in [0.3, 0.4) is 0 Å². The van der Waals surface area contributed by atoms with Crippen molar-refractivity contribution in [3.05, 3.63) is 30.3 Å². The highest BCUT2D eigenvalue weighted by molar-refractivity contribution is 5.45. The van der Waals surface area contributed by atoms with Crippen molar-refractivity contribution in [3.63, 3.8) is 0 Å². The molecule has 0 spiro atoms. The Kier molecular flexibility index (Phi) is 4.37. The molecule has 0 atom stereocenters. The van der Waals surface area contributed by atoms with E-state index in [1.807, 2.05) is 12.1 Å². The summed E-state index contributed by atoms with van der Waals surface area (Å²) in [6, 6.07) is 11.3. The Labute approximate surface area is 81.4 Å². The first kappa shape index (κ1) is 10.1. The Morgan fingerprint density at radius 2 is 1.92 bits per heavy atom. The Hall–Kier alpha value is -0.980. The van der Waals surface area contributed by atoms with Gasteiger partial charge in [0.25, 0.3) is 0 Å². The van der Waals surface area contributed by atoms with Crippen LogP contribution in [-0.2, 0) is 0 Å². The highest BCUT2D eigenvalue weighted by Crippen LogP contribution is 2.13. The van der Waals surface area contributed by atoms with Gasteiger partial charge in [-0.2, -0.15) is 0 Å². The number of nitrogens with zero attached hydrogens (tertiary/aromatic N) is 1. The molecule has 0 aliphatic rings. The van der Waals surface area contributed by atoms with Crippen LogP contribution in [0.1, 0.15) is 26.7 Å². The number of hydrogen-bond acceptors (Lipinski definition) is 1. The number of benzene rings is 1. The van der Waals surface area contributed by atoms with Crippen molar-refractivity contribution in [1.29, 1.82) is 0 Å². The van der Waals surface area contributed by atoms with Crippen molar-refractivity contribution in [2.75, 3.05) is 18.0 Å². The second-order valence-corrected chi connectivity index (χ2v) is 3.25. The summed E-state index contributed by atoms with van der Waals surface area (Å²) < 4.78 is 0. The van der Waals surface area contributed by atoms with Crippen molar-refractivity contribution in [3.8, 4) is 0 Å². The lowest BCUT2D eigenvalue weighted by Gasteiger charge is -2.23. The molecule has 0 saturated heterocycles. The molecule has 0 heterocycles. The molecule has 0 amide bonds. The highest BCUT2D eigenvalue weighted by atomic mass is 15.1. The van der Waals surface area contributed by atoms with E-state index >= 15 is 0 Å². The topological polar surface area (TPSA) is 3.24 Å². The molecule has 0 aromatic heterocycles. The van der Waals surface area contributed by atoms with Crippen LogP contribution in [0.4, 0.5) is 5.69 Å². The molecule has 0 bridgehead atoms. The van der Waals surface area contributed by atoms with Gasteiger partial charge in [0.15, 0.2) is 0 Å². The summed E-state index contributed by atoms with van der Waals surface area (Å²) in [7, 11) is 0. The van der Waals surface area contributed by atoms with E-state index < -0.39 is 0 Å². The predicted molar refractivity (Wildman–Crippen MR) is 58.1 cm³/mol. The van der Waals surface area contributed by atoms with Crippen molar-refractivity contribution in [2.45, 2.75) is 26.7 Å². The summed E-state index contributed by atoms with van der Waals surface area (Å²) in [6.07, 6.45) is 2.41. The molecule has 0 unspecified atom stereocenters. The van der Waals surface area contributed by atoms with E-state index in [1.54, 1.807) is 0 Å². The van der Waals surface area contributed by atoms with Crippen LogP contribution in [0.2, 0.25) is 0 Å². The zero-order chi connectivity index (χ0) is 9.52. The molecule has 0 aliphatic heterocycles. The molecule has 71 valence electrons. The molecule has 0 aliphatic carbocycles. The summed E-state index contributed by atoms with van der Waals surface area (Å²) in [5, 5.41) is 0. The lowest BCUT2D eigenvalue weighted by molar-refractivity contribution is 0.745. The van der Waals surface area contributed by atoms with Gasteiger partial charge in [-0.15, -0.1) is 0 Å². The summed E-state index contributed by atoms with van der Waals surface area (Å²) in [6.45, 7) is 6.72. The van der Waals surface area contributed by atoms with E-state index in [2.05, 4.69) is 36.9 Å². The maximum Gasteiger partial charge on any atom is 0.0372 e. The van der Waals surface area contributed by atoms with Gasteiger partial charge in [0.1, 0.15) is 0 Å². The summed E-state index contributed by atoms with van der Waals surface area (Å²) in [5.74, 6) is 0. The minimum absolute atomic E-state index is 1.14. The van der Waals surface area contributed by atoms with Crippen LogP contribution in [-0.4, -0.2) is 13.1 Å². The molecule has 1 radical (unpaired) electrons. The van der Waals surface area contributed by atoms with E-state index in [9.17, 15) is 0 Å². The Morgan fingerprint density at radius 3 is 2.38 bits per heavy atom. The molecular formula is C12H18N. The number of anilines is 1. The van der Waals surface area contributed by atoms with E-state index in [0.717, 1.165) is 13.1 Å². The van der Waals surface area contributed by atoms with Gasteiger partial charge < -0.3 is 4.90 Å². The molecular weight excluding hydrogens is 158 g/mol. The van der Waals surface area contributed by atoms with Gasteiger partial charge in [-0.25, -0.2) is 0 Å². The lowest BCUT2D eigenvalue weighted by Crippen LogP contribution is -2.24. The molecule has 1 aromatic carbocycles. The fourth-order valence-electron chi connectivity index (χ4n) is 1.49. The molecule has 13 heavy (non-hydrogen) atoms. The molecule has 0 fully saturated rings. The Balaban J connectivity index is 2.64. The van der Waals surface area contributed by atoms with Crippen molar-refractivity contribution >= 4 is 5.69 Å². The van der Waals surface area contributed by atoms with Gasteiger partial charge in [0.2, 0.25) is 0 Å². The van der Waals surface area contributed by atoms with Gasteiger partial charge in [0, 0.05) is 18.8 Å². The number of rotatable bonds is 5. The first-order valence-corrected chi connectivity index (χ1v) is 5.09. The second kappa shape index (κ2) is 5.63. The SMILES string of the molecule is CCCN(CCC)c1c[c]ccc1. The largest absolute Gasteiger partial charge is 0.372 e. The monoisotopic (exact) mass is 176 g/mol. The fraction of sp³-hybridized carbons (Fsp3) is 0.500. The van der Waals surface area contributed by atoms with Crippen molar-refractivity contribution in [1.82, 2.24) is 0 Å². The maximum absolute atomic E-state index is 3.12. The smallest absolute Gasteiger partial charge is 0.0372 e. The molecule has 0 saturated carbocycles. The maximum atomic E-state index is 3.12. The summed E-state index contributed by atoms with van der Waals surface area (Å²) in [5.41, 5.74) is 1.30. The van der Waals surface area contributed by atoms with E-state index in [4.69, 9.17) is 0 Å². The third-order valence-corrected chi connectivity index (χ3v) is 2.04. The predicted octanol–water partition coefficient (Wildman–Crippen LogP) is 3.11. The van der Waals surface area contributed by atoms with E-state index in [0.29, 0.717) is 0 Å². The van der Waals surface area contributed by atoms with Gasteiger partial charge in [0.05, 0.1) is 0 Å². The molecule has 1 nitrogen and oxygen atoms in total. The van der Waals surface area contributed by atoms with Gasteiger partial charge in [-0.3, -0.25) is 0 Å². The van der Waals surface area contributed by atoms with Crippen LogP contribution in [0.5, 0.6) is 0 Å². The minimum atomic E-state index is 1.14. The lowest BCUT2D eigenvalue weighted by atomic mass is 10.2. The van der Waals surface area contributed by atoms with Crippen molar-refractivity contribution in [2.24, 2.45) is 0 Å². The third-order valence-electron chi connectivity index (χ3n) is 2.04. The highest BCUT2D eigenvalue weighted by Gasteiger charge is 2.01. The van der Waals surface area contributed by atoms with Crippen molar-refractivity contribution < 1.29 is 0 Å². The summed E-state index contributed by atoms with van der Waals surface area (Å²) in [4.78, 5) is 2.41. The average Bonchev–Trinajstić information content (AvgIpc) is 2.19. The fourth-order valence-corrected chi connectivity index (χ4v) is 1.49. The average molecular weight is 176 g/mol. The van der Waals surface area contributed by atoms with Gasteiger partial charge in [-0.1, -0.05) is 26.0 Å². The Morgan fingerprint density at radius 1 is 1.23 bits per heavy atom. The number of hydrogen-bond donors (Lipinski definition) is 0. The molecule has 1 rings (SSSR count). The van der Waals surface area contributed by atoms with Crippen LogP contribution < -0.4 is 4.90 Å². The van der Waals surface area contributed by atoms with Crippen LogP contribution in [0.15, 0.2) is 24.3 Å². The first-order valence-electron chi connectivity index (χ1n) is 5.09. The third kappa shape index (κ3) is 3.10. The van der Waals surface area contributed by atoms with Gasteiger partial charge >= 0.3 is 0 Å². The quantitative estimate of drug-likeness (QED) is 0.666.